The van der Waals surface area contributed by atoms with E-state index in [4.69, 9.17) is 18.9 Å². The van der Waals surface area contributed by atoms with Crippen LogP contribution in [-0.4, -0.2) is 57.9 Å². The van der Waals surface area contributed by atoms with Gasteiger partial charge in [0.05, 0.1) is 28.6 Å². The quantitative estimate of drug-likeness (QED) is 0.380. The van der Waals surface area contributed by atoms with Gasteiger partial charge in [0.25, 0.3) is 5.91 Å². The highest BCUT2D eigenvalue weighted by Crippen LogP contribution is 2.45. The Morgan fingerprint density at radius 2 is 1.67 bits per heavy atom. The van der Waals surface area contributed by atoms with E-state index in [1.807, 2.05) is 0 Å². The second-order valence-electron chi connectivity index (χ2n) is 9.52. The van der Waals surface area contributed by atoms with E-state index in [9.17, 15) is 24.3 Å². The number of aromatic hydroxyl groups is 1. The molecule has 0 bridgehead atoms. The second-order valence-corrected chi connectivity index (χ2v) is 9.52. The first kappa shape index (κ1) is 26.1. The zero-order valence-electron chi connectivity index (χ0n) is 21.7. The number of hydrogen-bond acceptors (Lipinski definition) is 9. The van der Waals surface area contributed by atoms with Crippen molar-refractivity contribution in [2.45, 2.75) is 51.7 Å². The predicted molar refractivity (Wildman–Crippen MR) is 135 cm³/mol. The molecule has 11 heteroatoms. The molecule has 1 amide bonds. The zero-order chi connectivity index (χ0) is 28.1. The fraction of sp³-hybridized carbons (Fsp3) is 0.321. The van der Waals surface area contributed by atoms with Gasteiger partial charge in [-0.3, -0.25) is 23.7 Å². The molecule has 1 saturated heterocycles. The molecule has 4 unspecified atom stereocenters. The fourth-order valence-electron chi connectivity index (χ4n) is 5.31. The van der Waals surface area contributed by atoms with Crippen LogP contribution in [0.3, 0.4) is 0 Å². The number of benzene rings is 2. The molecule has 2 aliphatic heterocycles. The number of rotatable bonds is 5. The van der Waals surface area contributed by atoms with Crippen molar-refractivity contribution >= 4 is 40.3 Å². The van der Waals surface area contributed by atoms with Gasteiger partial charge in [0.15, 0.2) is 24.0 Å². The molecule has 0 saturated carbocycles. The molecular weight excluding hydrogens is 508 g/mol. The maximum absolute atomic E-state index is 13.1. The molecule has 2 aliphatic rings. The topological polar surface area (TPSA) is 143 Å². The Kier molecular flexibility index (Phi) is 6.47. The number of nitrogens with zero attached hydrogens (tertiary/aromatic N) is 2. The second kappa shape index (κ2) is 9.66. The Balaban J connectivity index is 1.76. The van der Waals surface area contributed by atoms with Crippen molar-refractivity contribution in [3.05, 3.63) is 64.7 Å². The SMILES string of the molecule is CC(=O)OC1COC(n2c(O)c(C3=c4ccccc4=NC3=O)c3ccccc32)C(OC(C)=O)C1(C)OC(C)=O. The van der Waals surface area contributed by atoms with Crippen LogP contribution in [0.25, 0.3) is 16.5 Å². The van der Waals surface area contributed by atoms with Crippen LogP contribution in [0.2, 0.25) is 0 Å². The minimum Gasteiger partial charge on any atom is -0.494 e. The molecular formula is C28H26N2O9. The van der Waals surface area contributed by atoms with E-state index < -0.39 is 47.9 Å². The molecule has 4 atom stereocenters. The van der Waals surface area contributed by atoms with Crippen molar-refractivity contribution in [3.63, 3.8) is 0 Å². The van der Waals surface area contributed by atoms with Gasteiger partial charge in [0.2, 0.25) is 5.88 Å². The van der Waals surface area contributed by atoms with Gasteiger partial charge in [-0.1, -0.05) is 36.4 Å². The molecule has 1 N–H and O–H groups in total. The highest BCUT2D eigenvalue weighted by Gasteiger charge is 2.57. The standard InChI is InChI=1S/C28H26N2O9/c1-14(31)37-21-13-36-27(24(38-15(2)32)28(21,4)39-16(3)33)30-20-12-8-6-10-18(20)23(26(30)35)22-17-9-5-7-11-19(17)29-25(22)34/h5-12,21,24,27,35H,13H2,1-4H3. The van der Waals surface area contributed by atoms with Gasteiger partial charge < -0.3 is 24.1 Å². The summed E-state index contributed by atoms with van der Waals surface area (Å²) in [6, 6.07) is 13.9. The van der Waals surface area contributed by atoms with Gasteiger partial charge in [-0.05, 0) is 19.1 Å². The lowest BCUT2D eigenvalue weighted by Gasteiger charge is -2.47. The summed E-state index contributed by atoms with van der Waals surface area (Å²) in [6.07, 6.45) is -3.74. The number of carbonyl (C=O) groups excluding carboxylic acids is 4. The number of aromatic nitrogens is 1. The fourth-order valence-corrected chi connectivity index (χ4v) is 5.31. The van der Waals surface area contributed by atoms with E-state index in [-0.39, 0.29) is 23.6 Å². The molecule has 11 nitrogen and oxygen atoms in total. The summed E-state index contributed by atoms with van der Waals surface area (Å²) in [5.74, 6) is -2.95. The van der Waals surface area contributed by atoms with Crippen molar-refractivity contribution in [2.75, 3.05) is 6.61 Å². The van der Waals surface area contributed by atoms with Crippen LogP contribution in [0.15, 0.2) is 53.5 Å². The predicted octanol–water partition coefficient (Wildman–Crippen LogP) is 1.42. The summed E-state index contributed by atoms with van der Waals surface area (Å²) < 4.78 is 24.1. The third-order valence-corrected chi connectivity index (χ3v) is 6.84. The summed E-state index contributed by atoms with van der Waals surface area (Å²) in [7, 11) is 0. The van der Waals surface area contributed by atoms with Crippen molar-refractivity contribution in [1.29, 1.82) is 0 Å². The molecule has 3 heterocycles. The van der Waals surface area contributed by atoms with Crippen LogP contribution in [0.1, 0.15) is 39.5 Å². The first-order chi connectivity index (χ1) is 18.5. The monoisotopic (exact) mass is 534 g/mol. The minimum atomic E-state index is -1.69. The van der Waals surface area contributed by atoms with Crippen LogP contribution in [0, 0.1) is 0 Å². The zero-order valence-corrected chi connectivity index (χ0v) is 21.7. The van der Waals surface area contributed by atoms with E-state index in [0.717, 1.165) is 0 Å². The summed E-state index contributed by atoms with van der Waals surface area (Å²) >= 11 is 0. The summed E-state index contributed by atoms with van der Waals surface area (Å²) in [5.41, 5.74) is -0.806. The maximum Gasteiger partial charge on any atom is 0.303 e. The van der Waals surface area contributed by atoms with Crippen LogP contribution < -0.4 is 10.6 Å². The Labute approximate surface area is 222 Å². The molecule has 0 aliphatic carbocycles. The number of para-hydroxylation sites is 2. The Bertz CT molecular complexity index is 1660. The molecule has 0 radical (unpaired) electrons. The highest BCUT2D eigenvalue weighted by atomic mass is 16.7. The van der Waals surface area contributed by atoms with E-state index >= 15 is 0 Å². The number of carbonyl (C=O) groups is 4. The normalized spacial score (nSPS) is 24.2. The average Bonchev–Trinajstić information content (AvgIpc) is 3.33. The lowest BCUT2D eigenvalue weighted by Crippen LogP contribution is -2.63. The molecule has 1 aromatic heterocycles. The van der Waals surface area contributed by atoms with Crippen LogP contribution in [-0.2, 0) is 38.1 Å². The third-order valence-electron chi connectivity index (χ3n) is 6.84. The van der Waals surface area contributed by atoms with E-state index in [2.05, 4.69) is 4.99 Å². The highest BCUT2D eigenvalue weighted by molar-refractivity contribution is 6.25. The smallest absolute Gasteiger partial charge is 0.303 e. The molecule has 5 rings (SSSR count). The van der Waals surface area contributed by atoms with Crippen molar-refractivity contribution in [1.82, 2.24) is 4.57 Å². The molecule has 39 heavy (non-hydrogen) atoms. The number of ether oxygens (including phenoxy) is 4. The van der Waals surface area contributed by atoms with E-state index in [0.29, 0.717) is 21.5 Å². The Morgan fingerprint density at radius 3 is 2.36 bits per heavy atom. The van der Waals surface area contributed by atoms with Gasteiger partial charge in [0.1, 0.15) is 0 Å². The van der Waals surface area contributed by atoms with Gasteiger partial charge in [-0.15, -0.1) is 0 Å². The van der Waals surface area contributed by atoms with Gasteiger partial charge >= 0.3 is 17.9 Å². The molecule has 3 aromatic rings. The maximum atomic E-state index is 13.1. The number of fused-ring (bicyclic) bond motifs is 2. The number of amides is 1. The molecule has 0 spiro atoms. The number of hydrogen-bond donors (Lipinski definition) is 1. The summed E-state index contributed by atoms with van der Waals surface area (Å²) in [4.78, 5) is 53.5. The molecule has 202 valence electrons. The van der Waals surface area contributed by atoms with Gasteiger partial charge in [-0.25, -0.2) is 4.99 Å². The Hall–Kier alpha value is -4.51. The van der Waals surface area contributed by atoms with Crippen LogP contribution >= 0.6 is 0 Å². The third kappa shape index (κ3) is 4.34. The van der Waals surface area contributed by atoms with Crippen LogP contribution in [0.4, 0.5) is 0 Å². The minimum absolute atomic E-state index is 0.207. The van der Waals surface area contributed by atoms with Gasteiger partial charge in [-0.2, -0.15) is 0 Å². The largest absolute Gasteiger partial charge is 0.494 e. The molecule has 1 fully saturated rings. The van der Waals surface area contributed by atoms with E-state index in [1.165, 1.54) is 32.3 Å². The van der Waals surface area contributed by atoms with E-state index in [1.54, 1.807) is 48.5 Å². The number of esters is 3. The Morgan fingerprint density at radius 1 is 1.00 bits per heavy atom. The summed E-state index contributed by atoms with van der Waals surface area (Å²) in [5, 5.41) is 13.3. The summed E-state index contributed by atoms with van der Waals surface area (Å²) in [6.45, 7) is 4.76. The van der Waals surface area contributed by atoms with Crippen molar-refractivity contribution in [2.24, 2.45) is 4.99 Å². The van der Waals surface area contributed by atoms with Crippen molar-refractivity contribution in [3.8, 4) is 5.88 Å². The van der Waals surface area contributed by atoms with Crippen LogP contribution in [0.5, 0.6) is 5.88 Å². The lowest BCUT2D eigenvalue weighted by molar-refractivity contribution is -0.272. The first-order valence-electron chi connectivity index (χ1n) is 12.2. The molecule has 2 aromatic carbocycles. The lowest BCUT2D eigenvalue weighted by atomic mass is 9.88. The first-order valence-corrected chi connectivity index (χ1v) is 12.2. The van der Waals surface area contributed by atoms with Gasteiger partial charge in [0, 0.05) is 31.4 Å². The average molecular weight is 535 g/mol. The van der Waals surface area contributed by atoms with Crippen molar-refractivity contribution < 1.29 is 43.2 Å².